The zero-order valence-corrected chi connectivity index (χ0v) is 11.3. The number of hydrogen-bond donors (Lipinski definition) is 1. The second kappa shape index (κ2) is 4.65. The van der Waals surface area contributed by atoms with Gasteiger partial charge in [-0.25, -0.2) is 4.79 Å². The maximum absolute atomic E-state index is 12.4. The van der Waals surface area contributed by atoms with Crippen LogP contribution in [0, 0.1) is 6.92 Å². The minimum Gasteiger partial charge on any atom is -0.408 e. The first-order valence-corrected chi connectivity index (χ1v) is 6.36. The van der Waals surface area contributed by atoms with Crippen molar-refractivity contribution in [1.82, 2.24) is 4.98 Å². The van der Waals surface area contributed by atoms with Crippen molar-refractivity contribution in [3.05, 3.63) is 68.7 Å². The van der Waals surface area contributed by atoms with Gasteiger partial charge in [0.2, 0.25) is 0 Å². The Balaban J connectivity index is 2.09. The molecule has 1 N–H and O–H groups in total. The summed E-state index contributed by atoms with van der Waals surface area (Å²) < 4.78 is 4.95. The molecule has 0 amide bonds. The first-order valence-electron chi connectivity index (χ1n) is 5.98. The fraction of sp³-hybridized carbons (Fsp3) is 0.0667. The molecule has 0 unspecified atom stereocenters. The monoisotopic (exact) mass is 287 g/mol. The van der Waals surface area contributed by atoms with Gasteiger partial charge in [0.05, 0.1) is 10.5 Å². The van der Waals surface area contributed by atoms with Crippen molar-refractivity contribution in [2.45, 2.75) is 6.92 Å². The van der Waals surface area contributed by atoms with E-state index in [1.54, 1.807) is 24.3 Å². The number of H-pyrrole nitrogens is 1. The lowest BCUT2D eigenvalue weighted by molar-refractivity contribution is 0.103. The van der Waals surface area contributed by atoms with Gasteiger partial charge in [-0.05, 0) is 42.8 Å². The minimum absolute atomic E-state index is 0.208. The molecule has 20 heavy (non-hydrogen) atoms. The summed E-state index contributed by atoms with van der Waals surface area (Å²) in [7, 11) is 0. The number of nitrogens with one attached hydrogen (secondary N) is 1. The van der Waals surface area contributed by atoms with E-state index in [1.165, 1.54) is 6.07 Å². The molecule has 2 aromatic carbocycles. The molecular formula is C15H10ClNO3. The number of ketones is 1. The highest BCUT2D eigenvalue weighted by molar-refractivity contribution is 6.35. The average Bonchev–Trinajstić information content (AvgIpc) is 2.77. The summed E-state index contributed by atoms with van der Waals surface area (Å²) in [6.07, 6.45) is 0. The molecule has 5 heteroatoms. The smallest absolute Gasteiger partial charge is 0.408 e. The molecule has 0 aliphatic rings. The van der Waals surface area contributed by atoms with Crippen LogP contribution in [0.15, 0.2) is 45.6 Å². The fourth-order valence-corrected chi connectivity index (χ4v) is 2.37. The molecule has 0 saturated heterocycles. The van der Waals surface area contributed by atoms with Crippen LogP contribution < -0.4 is 5.76 Å². The highest BCUT2D eigenvalue weighted by Crippen LogP contribution is 2.22. The van der Waals surface area contributed by atoms with Crippen LogP contribution in [0.25, 0.3) is 11.1 Å². The van der Waals surface area contributed by atoms with Gasteiger partial charge in [0.1, 0.15) is 0 Å². The molecule has 100 valence electrons. The summed E-state index contributed by atoms with van der Waals surface area (Å²) in [6, 6.07) is 10.1. The Morgan fingerprint density at radius 1 is 1.20 bits per heavy atom. The number of halogens is 1. The molecule has 0 spiro atoms. The van der Waals surface area contributed by atoms with Crippen molar-refractivity contribution >= 4 is 28.5 Å². The van der Waals surface area contributed by atoms with Crippen LogP contribution in [0.4, 0.5) is 0 Å². The zero-order chi connectivity index (χ0) is 14.3. The molecule has 4 nitrogen and oxygen atoms in total. The van der Waals surface area contributed by atoms with Crippen LogP contribution in [0.1, 0.15) is 21.5 Å². The Hall–Kier alpha value is -2.33. The third kappa shape index (κ3) is 2.14. The van der Waals surface area contributed by atoms with Crippen molar-refractivity contribution in [2.75, 3.05) is 0 Å². The molecule has 0 atom stereocenters. The van der Waals surface area contributed by atoms with Gasteiger partial charge in [-0.3, -0.25) is 9.78 Å². The number of aromatic amines is 1. The van der Waals surface area contributed by atoms with E-state index < -0.39 is 5.76 Å². The average molecular weight is 288 g/mol. The summed E-state index contributed by atoms with van der Waals surface area (Å²) in [5.41, 5.74) is 2.74. The molecule has 0 aliphatic carbocycles. The lowest BCUT2D eigenvalue weighted by Gasteiger charge is -2.04. The van der Waals surface area contributed by atoms with E-state index >= 15 is 0 Å². The van der Waals surface area contributed by atoms with E-state index in [-0.39, 0.29) is 5.78 Å². The van der Waals surface area contributed by atoms with Gasteiger partial charge >= 0.3 is 5.76 Å². The van der Waals surface area contributed by atoms with Gasteiger partial charge in [0.25, 0.3) is 0 Å². The Morgan fingerprint density at radius 2 is 2.00 bits per heavy atom. The van der Waals surface area contributed by atoms with Crippen LogP contribution >= 0.6 is 11.6 Å². The third-order valence-electron chi connectivity index (χ3n) is 3.05. The lowest BCUT2D eigenvalue weighted by Crippen LogP contribution is -2.02. The molecule has 3 rings (SSSR count). The van der Waals surface area contributed by atoms with E-state index in [0.29, 0.717) is 27.2 Å². The highest BCUT2D eigenvalue weighted by Gasteiger charge is 2.14. The standard InChI is InChI=1S/C15H10ClNO3/c1-8-2-4-10(11(16)6-8)14(18)9-3-5-12-13(7-9)20-15(19)17-12/h2-7H,1H3,(H,17,19). The van der Waals surface area contributed by atoms with Crippen molar-refractivity contribution in [2.24, 2.45) is 0 Å². The summed E-state index contributed by atoms with van der Waals surface area (Å²) in [5, 5.41) is 0.408. The second-order valence-corrected chi connectivity index (χ2v) is 4.95. The zero-order valence-electron chi connectivity index (χ0n) is 10.6. The molecule has 0 bridgehead atoms. The van der Waals surface area contributed by atoms with E-state index in [2.05, 4.69) is 4.98 Å². The first kappa shape index (κ1) is 12.7. The van der Waals surface area contributed by atoms with Crippen LogP contribution in [-0.2, 0) is 0 Å². The van der Waals surface area contributed by atoms with Crippen LogP contribution in [0.3, 0.4) is 0 Å². The molecule has 0 radical (unpaired) electrons. The van der Waals surface area contributed by atoms with E-state index in [1.807, 2.05) is 13.0 Å². The molecule has 0 saturated carbocycles. The van der Waals surface area contributed by atoms with Crippen LogP contribution in [-0.4, -0.2) is 10.8 Å². The maximum Gasteiger partial charge on any atom is 0.417 e. The van der Waals surface area contributed by atoms with Gasteiger partial charge in [0, 0.05) is 11.1 Å². The summed E-state index contributed by atoms with van der Waals surface area (Å²) in [5.74, 6) is -0.751. The number of carbonyl (C=O) groups is 1. The molecular weight excluding hydrogens is 278 g/mol. The number of oxazole rings is 1. The Morgan fingerprint density at radius 3 is 2.75 bits per heavy atom. The maximum atomic E-state index is 12.4. The van der Waals surface area contributed by atoms with Gasteiger partial charge in [-0.2, -0.15) is 0 Å². The SMILES string of the molecule is Cc1ccc(C(=O)c2ccc3[nH]c(=O)oc3c2)c(Cl)c1. The number of rotatable bonds is 2. The number of carbonyl (C=O) groups excluding carboxylic acids is 1. The van der Waals surface area contributed by atoms with E-state index in [0.717, 1.165) is 5.56 Å². The van der Waals surface area contributed by atoms with Crippen molar-refractivity contribution < 1.29 is 9.21 Å². The Labute approximate surface area is 119 Å². The van der Waals surface area contributed by atoms with Gasteiger partial charge in [-0.1, -0.05) is 17.7 Å². The fourth-order valence-electron chi connectivity index (χ4n) is 2.05. The van der Waals surface area contributed by atoms with E-state index in [4.69, 9.17) is 16.0 Å². The van der Waals surface area contributed by atoms with Crippen molar-refractivity contribution in [1.29, 1.82) is 0 Å². The largest absolute Gasteiger partial charge is 0.417 e. The number of aryl methyl sites for hydroxylation is 1. The molecule has 3 aromatic rings. The highest BCUT2D eigenvalue weighted by atomic mass is 35.5. The topological polar surface area (TPSA) is 63.1 Å². The normalized spacial score (nSPS) is 10.9. The van der Waals surface area contributed by atoms with E-state index in [9.17, 15) is 9.59 Å². The predicted octanol–water partition coefficient (Wildman–Crippen LogP) is 3.31. The summed E-state index contributed by atoms with van der Waals surface area (Å²) in [6.45, 7) is 1.90. The number of fused-ring (bicyclic) bond motifs is 1. The van der Waals surface area contributed by atoms with Crippen molar-refractivity contribution in [3.8, 4) is 0 Å². The molecule has 1 heterocycles. The summed E-state index contributed by atoms with van der Waals surface area (Å²) in [4.78, 5) is 26.0. The van der Waals surface area contributed by atoms with Gasteiger partial charge in [-0.15, -0.1) is 0 Å². The minimum atomic E-state index is -0.544. The first-order chi connectivity index (χ1) is 9.54. The number of aromatic nitrogens is 1. The number of benzene rings is 2. The van der Waals surface area contributed by atoms with Crippen molar-refractivity contribution in [3.63, 3.8) is 0 Å². The third-order valence-corrected chi connectivity index (χ3v) is 3.37. The second-order valence-electron chi connectivity index (χ2n) is 4.54. The molecule has 1 aromatic heterocycles. The summed E-state index contributed by atoms with van der Waals surface area (Å²) >= 11 is 6.10. The lowest BCUT2D eigenvalue weighted by atomic mass is 10.0. The molecule has 0 aliphatic heterocycles. The van der Waals surface area contributed by atoms with Crippen LogP contribution in [0.5, 0.6) is 0 Å². The van der Waals surface area contributed by atoms with Crippen LogP contribution in [0.2, 0.25) is 5.02 Å². The van der Waals surface area contributed by atoms with Gasteiger partial charge in [0.15, 0.2) is 11.4 Å². The number of hydrogen-bond acceptors (Lipinski definition) is 3. The Kier molecular flexibility index (Phi) is 2.95. The molecule has 0 fully saturated rings. The van der Waals surface area contributed by atoms with Gasteiger partial charge < -0.3 is 4.42 Å². The predicted molar refractivity (Wildman–Crippen MR) is 76.5 cm³/mol. The quantitative estimate of drug-likeness (QED) is 0.736. The Bertz CT molecular complexity index is 876.